The Labute approximate surface area is 105 Å². The summed E-state index contributed by atoms with van der Waals surface area (Å²) in [7, 11) is 0. The first-order valence-corrected chi connectivity index (χ1v) is 6.45. The van der Waals surface area contributed by atoms with Crippen LogP contribution in [0.1, 0.15) is 45.2 Å². The van der Waals surface area contributed by atoms with Crippen LogP contribution in [0.3, 0.4) is 0 Å². The molecule has 3 heteroatoms. The van der Waals surface area contributed by atoms with Gasteiger partial charge in [-0.2, -0.15) is 0 Å². The Bertz CT molecular complexity index is 288. The summed E-state index contributed by atoms with van der Waals surface area (Å²) in [6.45, 7) is 8.20. The molecule has 1 N–H and O–H groups in total. The van der Waals surface area contributed by atoms with Gasteiger partial charge in [0.1, 0.15) is 0 Å². The van der Waals surface area contributed by atoms with Gasteiger partial charge in [0.25, 0.3) is 0 Å². The van der Waals surface area contributed by atoms with E-state index in [0.29, 0.717) is 12.1 Å². The Balaban J connectivity index is 2.07. The van der Waals surface area contributed by atoms with E-state index < -0.39 is 0 Å². The maximum absolute atomic E-state index is 5.50. The third-order valence-electron chi connectivity index (χ3n) is 2.66. The summed E-state index contributed by atoms with van der Waals surface area (Å²) in [4.78, 5) is 4.12. The second kappa shape index (κ2) is 8.20. The van der Waals surface area contributed by atoms with Crippen molar-refractivity contribution in [2.75, 3.05) is 13.2 Å². The average molecular weight is 236 g/mol. The molecule has 0 aliphatic rings. The molecule has 1 unspecified atom stereocenters. The summed E-state index contributed by atoms with van der Waals surface area (Å²) < 4.78 is 5.50. The quantitative estimate of drug-likeness (QED) is 0.705. The zero-order valence-corrected chi connectivity index (χ0v) is 11.1. The minimum Gasteiger partial charge on any atom is -0.379 e. The van der Waals surface area contributed by atoms with Gasteiger partial charge in [0.2, 0.25) is 0 Å². The number of hydrogen-bond acceptors (Lipinski definition) is 3. The second-order valence-electron chi connectivity index (χ2n) is 4.59. The van der Waals surface area contributed by atoms with Gasteiger partial charge in [-0.3, -0.25) is 4.98 Å². The number of unbranched alkanes of at least 4 members (excludes halogenated alkanes) is 1. The van der Waals surface area contributed by atoms with E-state index in [-0.39, 0.29) is 0 Å². The highest BCUT2D eigenvalue weighted by atomic mass is 16.5. The Kier molecular flexibility index (Phi) is 6.82. The average Bonchev–Trinajstić information content (AvgIpc) is 2.34. The smallest absolute Gasteiger partial charge is 0.0518 e. The number of hydrogen-bond donors (Lipinski definition) is 1. The number of nitrogens with one attached hydrogen (secondary N) is 1. The largest absolute Gasteiger partial charge is 0.379 e. The van der Waals surface area contributed by atoms with Crippen LogP contribution in [0.2, 0.25) is 0 Å². The summed E-state index contributed by atoms with van der Waals surface area (Å²) in [6.07, 6.45) is 6.33. The van der Waals surface area contributed by atoms with Gasteiger partial charge in [-0.1, -0.05) is 6.07 Å². The van der Waals surface area contributed by atoms with Gasteiger partial charge in [-0.05, 0) is 51.8 Å². The monoisotopic (exact) mass is 236 g/mol. The van der Waals surface area contributed by atoms with E-state index >= 15 is 0 Å². The number of aromatic nitrogens is 1. The molecule has 0 spiro atoms. The summed E-state index contributed by atoms with van der Waals surface area (Å²) in [6, 6.07) is 4.45. The second-order valence-corrected chi connectivity index (χ2v) is 4.59. The highest BCUT2D eigenvalue weighted by molar-refractivity contribution is 5.12. The number of nitrogens with zero attached hydrogens (tertiary/aromatic N) is 1. The number of rotatable bonds is 8. The van der Waals surface area contributed by atoms with Crippen LogP contribution < -0.4 is 5.32 Å². The number of pyridine rings is 1. The molecule has 1 heterocycles. The summed E-state index contributed by atoms with van der Waals surface area (Å²) >= 11 is 0. The fourth-order valence-corrected chi connectivity index (χ4v) is 1.61. The van der Waals surface area contributed by atoms with Crippen molar-refractivity contribution < 1.29 is 4.74 Å². The fraction of sp³-hybridized carbons (Fsp3) is 0.643. The van der Waals surface area contributed by atoms with Crippen molar-refractivity contribution in [2.45, 2.75) is 45.8 Å². The first-order chi connectivity index (χ1) is 8.20. The first kappa shape index (κ1) is 14.1. The predicted octanol–water partition coefficient (Wildman–Crippen LogP) is 2.94. The third-order valence-corrected chi connectivity index (χ3v) is 2.66. The van der Waals surface area contributed by atoms with Crippen molar-refractivity contribution in [3.8, 4) is 0 Å². The van der Waals surface area contributed by atoms with Gasteiger partial charge in [-0.25, -0.2) is 0 Å². The van der Waals surface area contributed by atoms with Gasteiger partial charge >= 0.3 is 0 Å². The lowest BCUT2D eigenvalue weighted by molar-refractivity contribution is 0.0759. The van der Waals surface area contributed by atoms with E-state index in [1.54, 1.807) is 6.20 Å². The molecule has 0 saturated carbocycles. The van der Waals surface area contributed by atoms with Crippen LogP contribution in [0.4, 0.5) is 0 Å². The molecule has 17 heavy (non-hydrogen) atoms. The standard InChI is InChI=1S/C14H24N2O/c1-12(2)17-10-5-4-9-16-13(3)14-7-6-8-15-11-14/h6-8,11-13,16H,4-5,9-10H2,1-3H3. The third kappa shape index (κ3) is 6.39. The van der Waals surface area contributed by atoms with Crippen molar-refractivity contribution in [1.29, 1.82) is 0 Å². The molecule has 96 valence electrons. The van der Waals surface area contributed by atoms with Crippen molar-refractivity contribution in [2.24, 2.45) is 0 Å². The van der Waals surface area contributed by atoms with Gasteiger partial charge in [0.15, 0.2) is 0 Å². The molecule has 0 aliphatic heterocycles. The molecule has 1 atom stereocenters. The molecule has 0 saturated heterocycles. The maximum atomic E-state index is 5.50. The SMILES string of the molecule is CC(C)OCCCCNC(C)c1cccnc1. The Morgan fingerprint density at radius 2 is 2.12 bits per heavy atom. The molecular weight excluding hydrogens is 212 g/mol. The van der Waals surface area contributed by atoms with E-state index in [1.807, 2.05) is 12.3 Å². The molecule has 1 rings (SSSR count). The van der Waals surface area contributed by atoms with Gasteiger partial charge < -0.3 is 10.1 Å². The molecule has 0 fully saturated rings. The molecule has 3 nitrogen and oxygen atoms in total. The maximum Gasteiger partial charge on any atom is 0.0518 e. The molecule has 0 radical (unpaired) electrons. The molecule has 0 aromatic carbocycles. The van der Waals surface area contributed by atoms with E-state index in [9.17, 15) is 0 Å². The summed E-state index contributed by atoms with van der Waals surface area (Å²) in [5.41, 5.74) is 1.24. The Morgan fingerprint density at radius 3 is 2.76 bits per heavy atom. The van der Waals surface area contributed by atoms with E-state index in [4.69, 9.17) is 4.74 Å². The van der Waals surface area contributed by atoms with E-state index in [2.05, 4.69) is 37.1 Å². The van der Waals surface area contributed by atoms with Crippen LogP contribution in [0.15, 0.2) is 24.5 Å². The normalized spacial score (nSPS) is 12.9. The van der Waals surface area contributed by atoms with Crippen LogP contribution in [-0.2, 0) is 4.74 Å². The highest BCUT2D eigenvalue weighted by Crippen LogP contribution is 2.09. The minimum absolute atomic E-state index is 0.345. The van der Waals surface area contributed by atoms with Crippen LogP contribution in [0.25, 0.3) is 0 Å². The summed E-state index contributed by atoms with van der Waals surface area (Å²) in [5.74, 6) is 0. The molecule has 0 amide bonds. The van der Waals surface area contributed by atoms with Crippen LogP contribution in [0, 0.1) is 0 Å². The van der Waals surface area contributed by atoms with Gasteiger partial charge in [0.05, 0.1) is 6.10 Å². The molecule has 1 aromatic rings. The zero-order valence-electron chi connectivity index (χ0n) is 11.1. The van der Waals surface area contributed by atoms with Crippen LogP contribution in [0.5, 0.6) is 0 Å². The summed E-state index contributed by atoms with van der Waals surface area (Å²) in [5, 5.41) is 3.49. The lowest BCUT2D eigenvalue weighted by Gasteiger charge is -2.13. The van der Waals surface area contributed by atoms with Crippen molar-refractivity contribution in [1.82, 2.24) is 10.3 Å². The Morgan fingerprint density at radius 1 is 1.29 bits per heavy atom. The van der Waals surface area contributed by atoms with E-state index in [0.717, 1.165) is 26.0 Å². The lowest BCUT2D eigenvalue weighted by Crippen LogP contribution is -2.20. The van der Waals surface area contributed by atoms with Gasteiger partial charge in [-0.15, -0.1) is 0 Å². The predicted molar refractivity (Wildman–Crippen MR) is 71.0 cm³/mol. The Hall–Kier alpha value is -0.930. The van der Waals surface area contributed by atoms with Crippen molar-refractivity contribution >= 4 is 0 Å². The highest BCUT2D eigenvalue weighted by Gasteiger charge is 2.03. The topological polar surface area (TPSA) is 34.1 Å². The van der Waals surface area contributed by atoms with E-state index in [1.165, 1.54) is 5.56 Å². The first-order valence-electron chi connectivity index (χ1n) is 6.45. The van der Waals surface area contributed by atoms with Crippen LogP contribution >= 0.6 is 0 Å². The van der Waals surface area contributed by atoms with Gasteiger partial charge in [0, 0.05) is 25.0 Å². The van der Waals surface area contributed by atoms with Crippen molar-refractivity contribution in [3.63, 3.8) is 0 Å². The van der Waals surface area contributed by atoms with Crippen LogP contribution in [-0.4, -0.2) is 24.2 Å². The number of ether oxygens (including phenoxy) is 1. The zero-order chi connectivity index (χ0) is 12.5. The molecule has 0 aliphatic carbocycles. The van der Waals surface area contributed by atoms with Crippen molar-refractivity contribution in [3.05, 3.63) is 30.1 Å². The minimum atomic E-state index is 0.345. The molecule has 0 bridgehead atoms. The fourth-order valence-electron chi connectivity index (χ4n) is 1.61. The molecule has 1 aromatic heterocycles. The lowest BCUT2D eigenvalue weighted by atomic mass is 10.1. The molecular formula is C14H24N2O.